The molecule has 0 aromatic heterocycles. The number of hydrogen-bond acceptors (Lipinski definition) is 4. The highest BCUT2D eigenvalue weighted by atomic mass is 14.9. The summed E-state index contributed by atoms with van der Waals surface area (Å²) >= 11 is 0. The lowest BCUT2D eigenvalue weighted by Crippen LogP contribution is -2.29. The minimum Gasteiger partial charge on any atom is -0.330 e. The normalized spacial score (nSPS) is 20.1. The zero-order valence-electron chi connectivity index (χ0n) is 15.3. The van der Waals surface area contributed by atoms with Crippen LogP contribution in [0.5, 0.6) is 0 Å². The summed E-state index contributed by atoms with van der Waals surface area (Å²) in [5, 5.41) is 6.89. The van der Waals surface area contributed by atoms with Crippen LogP contribution < -0.4 is 22.1 Å². The van der Waals surface area contributed by atoms with E-state index in [4.69, 9.17) is 11.5 Å². The summed E-state index contributed by atoms with van der Waals surface area (Å²) in [6.07, 6.45) is 14.9. The third kappa shape index (κ3) is 11.9. The molecule has 0 spiro atoms. The molecular weight excluding hydrogens is 284 g/mol. The molecule has 138 valence electrons. The van der Waals surface area contributed by atoms with Crippen molar-refractivity contribution in [1.29, 1.82) is 0 Å². The summed E-state index contributed by atoms with van der Waals surface area (Å²) in [6, 6.07) is 0. The van der Waals surface area contributed by atoms with E-state index >= 15 is 0 Å². The van der Waals surface area contributed by atoms with Crippen LogP contribution in [0.1, 0.15) is 70.6 Å². The van der Waals surface area contributed by atoms with Gasteiger partial charge < -0.3 is 22.1 Å². The second-order valence-corrected chi connectivity index (χ2v) is 7.31. The molecule has 0 saturated carbocycles. The van der Waals surface area contributed by atoms with E-state index < -0.39 is 0 Å². The zero-order valence-corrected chi connectivity index (χ0v) is 15.3. The molecule has 0 atom stereocenters. The quantitative estimate of drug-likeness (QED) is 0.491. The van der Waals surface area contributed by atoms with E-state index in [1.165, 1.54) is 84.0 Å². The molecule has 0 aromatic rings. The van der Waals surface area contributed by atoms with Crippen molar-refractivity contribution in [2.45, 2.75) is 70.6 Å². The highest BCUT2D eigenvalue weighted by molar-refractivity contribution is 4.71. The second-order valence-electron chi connectivity index (χ2n) is 7.31. The number of unbranched alkanes of at least 4 members (excludes halogenated alkanes) is 3. The van der Waals surface area contributed by atoms with Crippen LogP contribution in [0.2, 0.25) is 0 Å². The van der Waals surface area contributed by atoms with Crippen molar-refractivity contribution >= 4 is 0 Å². The highest BCUT2D eigenvalue weighted by Gasteiger charge is 2.15. The summed E-state index contributed by atoms with van der Waals surface area (Å²) < 4.78 is 0. The first-order valence-corrected chi connectivity index (χ1v) is 10.2. The largest absolute Gasteiger partial charge is 0.330 e. The molecule has 2 aliphatic heterocycles. The SMILES string of the molecule is C(CC1CCNCC1)CC1CCNCC1.NCCCCCCN. The Morgan fingerprint density at radius 3 is 1.30 bits per heavy atom. The standard InChI is InChI=1S/C13H26N2.C6H16N2/c1(2-12-4-8-14-9-5-12)3-13-6-10-15-11-7-13;7-5-3-1-2-4-6-8/h12-15H,1-11H2;1-8H2. The van der Waals surface area contributed by atoms with Crippen molar-refractivity contribution in [2.75, 3.05) is 39.3 Å². The molecular formula is C19H42N4. The van der Waals surface area contributed by atoms with Gasteiger partial charge in [-0.3, -0.25) is 0 Å². The average molecular weight is 327 g/mol. The van der Waals surface area contributed by atoms with Gasteiger partial charge in [-0.05, 0) is 89.6 Å². The predicted octanol–water partition coefficient (Wildman–Crippen LogP) is 2.62. The summed E-state index contributed by atoms with van der Waals surface area (Å²) in [4.78, 5) is 0. The summed E-state index contributed by atoms with van der Waals surface area (Å²) in [5.41, 5.74) is 10.6. The van der Waals surface area contributed by atoms with Gasteiger partial charge in [0.25, 0.3) is 0 Å². The first-order valence-electron chi connectivity index (χ1n) is 10.2. The van der Waals surface area contributed by atoms with Crippen LogP contribution in [0.4, 0.5) is 0 Å². The van der Waals surface area contributed by atoms with Crippen LogP contribution in [0.25, 0.3) is 0 Å². The Bertz CT molecular complexity index is 212. The molecule has 0 radical (unpaired) electrons. The van der Waals surface area contributed by atoms with E-state index in [0.29, 0.717) is 0 Å². The Balaban J connectivity index is 0.000000284. The maximum atomic E-state index is 5.28. The molecule has 0 amide bonds. The van der Waals surface area contributed by atoms with Crippen LogP contribution in [-0.2, 0) is 0 Å². The van der Waals surface area contributed by atoms with E-state index in [-0.39, 0.29) is 0 Å². The van der Waals surface area contributed by atoms with E-state index in [1.54, 1.807) is 0 Å². The van der Waals surface area contributed by atoms with Crippen molar-refractivity contribution in [3.8, 4) is 0 Å². The third-order valence-corrected chi connectivity index (χ3v) is 5.30. The maximum absolute atomic E-state index is 5.28. The Morgan fingerprint density at radius 2 is 0.957 bits per heavy atom. The zero-order chi connectivity index (χ0) is 16.6. The van der Waals surface area contributed by atoms with Gasteiger partial charge in [0.15, 0.2) is 0 Å². The van der Waals surface area contributed by atoms with Gasteiger partial charge in [-0.1, -0.05) is 32.1 Å². The smallest absolute Gasteiger partial charge is 0.00463 e. The average Bonchev–Trinajstić information content (AvgIpc) is 2.61. The van der Waals surface area contributed by atoms with Crippen molar-refractivity contribution in [1.82, 2.24) is 10.6 Å². The van der Waals surface area contributed by atoms with Crippen LogP contribution in [0, 0.1) is 11.8 Å². The lowest BCUT2D eigenvalue weighted by Gasteiger charge is -2.25. The number of hydrogen-bond donors (Lipinski definition) is 4. The molecule has 0 aliphatic carbocycles. The minimum absolute atomic E-state index is 0.824. The van der Waals surface area contributed by atoms with Gasteiger partial charge in [0.1, 0.15) is 0 Å². The molecule has 2 heterocycles. The number of nitrogens with two attached hydrogens (primary N) is 2. The van der Waals surface area contributed by atoms with Crippen molar-refractivity contribution in [2.24, 2.45) is 23.3 Å². The monoisotopic (exact) mass is 326 g/mol. The molecule has 4 nitrogen and oxygen atoms in total. The highest BCUT2D eigenvalue weighted by Crippen LogP contribution is 2.23. The van der Waals surface area contributed by atoms with Gasteiger partial charge in [-0.15, -0.1) is 0 Å². The molecule has 4 heteroatoms. The van der Waals surface area contributed by atoms with Gasteiger partial charge >= 0.3 is 0 Å². The molecule has 23 heavy (non-hydrogen) atoms. The predicted molar refractivity (Wildman–Crippen MR) is 102 cm³/mol. The van der Waals surface area contributed by atoms with E-state index in [2.05, 4.69) is 10.6 Å². The Morgan fingerprint density at radius 1 is 0.565 bits per heavy atom. The van der Waals surface area contributed by atoms with E-state index in [0.717, 1.165) is 37.8 Å². The molecule has 0 aromatic carbocycles. The lowest BCUT2D eigenvalue weighted by atomic mass is 9.87. The topological polar surface area (TPSA) is 76.1 Å². The lowest BCUT2D eigenvalue weighted by molar-refractivity contribution is 0.304. The number of piperidine rings is 2. The first-order chi connectivity index (χ1) is 11.4. The molecule has 2 rings (SSSR count). The van der Waals surface area contributed by atoms with Gasteiger partial charge in [0.05, 0.1) is 0 Å². The van der Waals surface area contributed by atoms with E-state index in [9.17, 15) is 0 Å². The van der Waals surface area contributed by atoms with Crippen molar-refractivity contribution in [3.05, 3.63) is 0 Å². The Hall–Kier alpha value is -0.160. The maximum Gasteiger partial charge on any atom is -0.00463 e. The van der Waals surface area contributed by atoms with Crippen LogP contribution >= 0.6 is 0 Å². The molecule has 2 fully saturated rings. The molecule has 6 N–H and O–H groups in total. The fraction of sp³-hybridized carbons (Fsp3) is 1.00. The number of nitrogens with one attached hydrogen (secondary N) is 2. The minimum atomic E-state index is 0.824. The molecule has 0 unspecified atom stereocenters. The molecule has 2 saturated heterocycles. The number of rotatable bonds is 9. The van der Waals surface area contributed by atoms with Crippen LogP contribution in [0.3, 0.4) is 0 Å². The third-order valence-electron chi connectivity index (χ3n) is 5.30. The van der Waals surface area contributed by atoms with Crippen molar-refractivity contribution < 1.29 is 0 Å². The van der Waals surface area contributed by atoms with E-state index in [1.807, 2.05) is 0 Å². The van der Waals surface area contributed by atoms with Gasteiger partial charge in [0.2, 0.25) is 0 Å². The Labute approximate surface area is 144 Å². The fourth-order valence-electron chi connectivity index (χ4n) is 3.68. The molecule has 0 bridgehead atoms. The van der Waals surface area contributed by atoms with Gasteiger partial charge in [-0.2, -0.15) is 0 Å². The summed E-state index contributed by atoms with van der Waals surface area (Å²) in [7, 11) is 0. The summed E-state index contributed by atoms with van der Waals surface area (Å²) in [5.74, 6) is 2.07. The van der Waals surface area contributed by atoms with Gasteiger partial charge in [0, 0.05) is 0 Å². The van der Waals surface area contributed by atoms with Gasteiger partial charge in [-0.25, -0.2) is 0 Å². The van der Waals surface area contributed by atoms with Crippen LogP contribution in [0.15, 0.2) is 0 Å². The summed E-state index contributed by atoms with van der Waals surface area (Å²) in [6.45, 7) is 6.70. The van der Waals surface area contributed by atoms with Crippen LogP contribution in [-0.4, -0.2) is 39.3 Å². The second kappa shape index (κ2) is 15.4. The first kappa shape index (κ1) is 20.9. The van der Waals surface area contributed by atoms with Crippen molar-refractivity contribution in [3.63, 3.8) is 0 Å². The fourth-order valence-corrected chi connectivity index (χ4v) is 3.68. The molecule has 2 aliphatic rings. The Kier molecular flexibility index (Phi) is 14.0.